The molecule has 1 amide bonds. The first kappa shape index (κ1) is 13.4. The molecule has 1 aromatic heterocycles. The maximum atomic E-state index is 12.7. The number of thiophene rings is 1. The summed E-state index contributed by atoms with van der Waals surface area (Å²) in [6.45, 7) is 6.17. The van der Waals surface area contributed by atoms with E-state index in [9.17, 15) is 4.79 Å². The molecule has 2 atom stereocenters. The van der Waals surface area contributed by atoms with Crippen LogP contribution in [0.15, 0.2) is 24.3 Å². The van der Waals surface area contributed by atoms with E-state index in [-0.39, 0.29) is 5.91 Å². The summed E-state index contributed by atoms with van der Waals surface area (Å²) in [5.41, 5.74) is 6.81. The molecule has 106 valence electrons. The molecular weight excluding hydrogens is 268 g/mol. The van der Waals surface area contributed by atoms with E-state index in [2.05, 4.69) is 13.8 Å². The van der Waals surface area contributed by atoms with Gasteiger partial charge in [-0.25, -0.2) is 0 Å². The maximum absolute atomic E-state index is 12.7. The third kappa shape index (κ3) is 2.18. The Balaban J connectivity index is 1.91. The number of carbonyl (C=O) groups is 1. The van der Waals surface area contributed by atoms with Gasteiger partial charge in [-0.05, 0) is 24.3 Å². The molecule has 2 aromatic rings. The molecule has 2 N–H and O–H groups in total. The van der Waals surface area contributed by atoms with E-state index >= 15 is 0 Å². The number of carbonyl (C=O) groups excluding carboxylic acids is 1. The van der Waals surface area contributed by atoms with Crippen LogP contribution in [0.4, 0.5) is 5.69 Å². The van der Waals surface area contributed by atoms with Gasteiger partial charge in [0.25, 0.3) is 5.91 Å². The summed E-state index contributed by atoms with van der Waals surface area (Å²) in [5, 5.41) is 0.999. The Morgan fingerprint density at radius 1 is 1.30 bits per heavy atom. The summed E-state index contributed by atoms with van der Waals surface area (Å²) in [7, 11) is 0. The van der Waals surface area contributed by atoms with Crippen molar-refractivity contribution in [3.8, 4) is 0 Å². The Labute approximate surface area is 123 Å². The van der Waals surface area contributed by atoms with Crippen molar-refractivity contribution >= 4 is 33.0 Å². The molecule has 1 aliphatic heterocycles. The summed E-state index contributed by atoms with van der Waals surface area (Å²) in [4.78, 5) is 15.4. The van der Waals surface area contributed by atoms with Crippen LogP contribution in [0.25, 0.3) is 10.1 Å². The minimum absolute atomic E-state index is 0.0995. The Kier molecular flexibility index (Phi) is 3.42. The van der Waals surface area contributed by atoms with Gasteiger partial charge in [-0.2, -0.15) is 0 Å². The predicted octanol–water partition coefficient (Wildman–Crippen LogP) is 3.60. The van der Waals surface area contributed by atoms with E-state index in [0.29, 0.717) is 22.4 Å². The maximum Gasteiger partial charge on any atom is 0.266 e. The molecule has 1 fully saturated rings. The molecular formula is C16H20N2OS. The van der Waals surface area contributed by atoms with Crippen LogP contribution in [0.1, 0.15) is 29.9 Å². The summed E-state index contributed by atoms with van der Waals surface area (Å²) < 4.78 is 1.09. The SMILES string of the molecule is CC1CCN(C(=O)c2sc3ccccc3c2N)CC1C. The minimum Gasteiger partial charge on any atom is -0.397 e. The second-order valence-electron chi connectivity index (χ2n) is 5.84. The van der Waals surface area contributed by atoms with Crippen LogP contribution in [0.5, 0.6) is 0 Å². The average molecular weight is 288 g/mol. The first-order valence-electron chi connectivity index (χ1n) is 7.14. The number of rotatable bonds is 1. The Hall–Kier alpha value is -1.55. The Morgan fingerprint density at radius 2 is 2.05 bits per heavy atom. The number of likely N-dealkylation sites (tertiary alicyclic amines) is 1. The highest BCUT2D eigenvalue weighted by Crippen LogP contribution is 2.35. The largest absolute Gasteiger partial charge is 0.397 e. The van der Waals surface area contributed by atoms with Gasteiger partial charge in [0.05, 0.1) is 5.69 Å². The monoisotopic (exact) mass is 288 g/mol. The van der Waals surface area contributed by atoms with Gasteiger partial charge in [0.1, 0.15) is 4.88 Å². The molecule has 0 bridgehead atoms. The minimum atomic E-state index is 0.0995. The molecule has 1 saturated heterocycles. The summed E-state index contributed by atoms with van der Waals surface area (Å²) in [6.07, 6.45) is 1.08. The van der Waals surface area contributed by atoms with Crippen molar-refractivity contribution in [1.82, 2.24) is 4.90 Å². The van der Waals surface area contributed by atoms with Gasteiger partial charge < -0.3 is 10.6 Å². The summed E-state index contributed by atoms with van der Waals surface area (Å²) in [6, 6.07) is 7.95. The van der Waals surface area contributed by atoms with Crippen LogP contribution < -0.4 is 5.73 Å². The first-order valence-corrected chi connectivity index (χ1v) is 7.96. The van der Waals surface area contributed by atoms with Crippen molar-refractivity contribution in [3.05, 3.63) is 29.1 Å². The zero-order valence-corrected chi connectivity index (χ0v) is 12.7. The van der Waals surface area contributed by atoms with E-state index in [1.54, 1.807) is 0 Å². The van der Waals surface area contributed by atoms with Crippen LogP contribution in [0, 0.1) is 11.8 Å². The number of nitrogen functional groups attached to an aromatic ring is 1. The zero-order chi connectivity index (χ0) is 14.3. The molecule has 2 unspecified atom stereocenters. The standard InChI is InChI=1S/C16H20N2OS/c1-10-7-8-18(9-11(10)2)16(19)15-14(17)12-5-3-4-6-13(12)20-15/h3-6,10-11H,7-9,17H2,1-2H3. The van der Waals surface area contributed by atoms with Gasteiger partial charge in [-0.15, -0.1) is 11.3 Å². The van der Waals surface area contributed by atoms with Crippen molar-refractivity contribution in [2.24, 2.45) is 11.8 Å². The second kappa shape index (κ2) is 5.09. The third-order valence-electron chi connectivity index (χ3n) is 4.45. The normalized spacial score (nSPS) is 23.2. The molecule has 0 aliphatic carbocycles. The molecule has 1 aromatic carbocycles. The predicted molar refractivity (Wildman–Crippen MR) is 85.1 cm³/mol. The third-order valence-corrected chi connectivity index (χ3v) is 5.62. The number of hydrogen-bond donors (Lipinski definition) is 1. The fraction of sp³-hybridized carbons (Fsp3) is 0.438. The number of hydrogen-bond acceptors (Lipinski definition) is 3. The van der Waals surface area contributed by atoms with Gasteiger partial charge in [-0.1, -0.05) is 32.0 Å². The number of anilines is 1. The number of nitrogens with zero attached hydrogens (tertiary/aromatic N) is 1. The van der Waals surface area contributed by atoms with E-state index in [0.717, 1.165) is 29.6 Å². The fourth-order valence-corrected chi connectivity index (χ4v) is 3.91. The van der Waals surface area contributed by atoms with Gasteiger partial charge in [0.2, 0.25) is 0 Å². The highest BCUT2D eigenvalue weighted by molar-refractivity contribution is 7.21. The van der Waals surface area contributed by atoms with Crippen molar-refractivity contribution < 1.29 is 4.79 Å². The van der Waals surface area contributed by atoms with Crippen molar-refractivity contribution in [3.63, 3.8) is 0 Å². The van der Waals surface area contributed by atoms with Crippen molar-refractivity contribution in [1.29, 1.82) is 0 Å². The molecule has 3 rings (SSSR count). The second-order valence-corrected chi connectivity index (χ2v) is 6.89. The van der Waals surface area contributed by atoms with Gasteiger partial charge in [-0.3, -0.25) is 4.79 Å². The quantitative estimate of drug-likeness (QED) is 0.871. The molecule has 2 heterocycles. The lowest BCUT2D eigenvalue weighted by Crippen LogP contribution is -2.42. The van der Waals surface area contributed by atoms with E-state index in [1.807, 2.05) is 29.2 Å². The van der Waals surface area contributed by atoms with Crippen LogP contribution in [-0.2, 0) is 0 Å². The van der Waals surface area contributed by atoms with E-state index in [1.165, 1.54) is 11.3 Å². The molecule has 1 aliphatic rings. The van der Waals surface area contributed by atoms with Crippen LogP contribution in [0.3, 0.4) is 0 Å². The Morgan fingerprint density at radius 3 is 2.75 bits per heavy atom. The number of piperidine rings is 1. The average Bonchev–Trinajstić information content (AvgIpc) is 2.79. The topological polar surface area (TPSA) is 46.3 Å². The fourth-order valence-electron chi connectivity index (χ4n) is 2.82. The number of amides is 1. The summed E-state index contributed by atoms with van der Waals surface area (Å²) >= 11 is 1.51. The lowest BCUT2D eigenvalue weighted by Gasteiger charge is -2.35. The van der Waals surface area contributed by atoms with E-state index < -0.39 is 0 Å². The molecule has 20 heavy (non-hydrogen) atoms. The molecule has 3 nitrogen and oxygen atoms in total. The van der Waals surface area contributed by atoms with Crippen LogP contribution in [-0.4, -0.2) is 23.9 Å². The van der Waals surface area contributed by atoms with Gasteiger partial charge in [0, 0.05) is 23.2 Å². The van der Waals surface area contributed by atoms with E-state index in [4.69, 9.17) is 5.73 Å². The number of nitrogens with two attached hydrogens (primary N) is 1. The smallest absolute Gasteiger partial charge is 0.266 e. The highest BCUT2D eigenvalue weighted by atomic mass is 32.1. The molecule has 0 saturated carbocycles. The molecule has 0 radical (unpaired) electrons. The Bertz CT molecular complexity index is 649. The lowest BCUT2D eigenvalue weighted by molar-refractivity contribution is 0.0633. The summed E-state index contributed by atoms with van der Waals surface area (Å²) in [5.74, 6) is 1.35. The number of benzene rings is 1. The molecule has 0 spiro atoms. The zero-order valence-electron chi connectivity index (χ0n) is 11.9. The molecule has 4 heteroatoms. The van der Waals surface area contributed by atoms with Crippen LogP contribution >= 0.6 is 11.3 Å². The lowest BCUT2D eigenvalue weighted by atomic mass is 9.88. The highest BCUT2D eigenvalue weighted by Gasteiger charge is 2.28. The van der Waals surface area contributed by atoms with Crippen molar-refractivity contribution in [2.75, 3.05) is 18.8 Å². The van der Waals surface area contributed by atoms with Crippen LogP contribution in [0.2, 0.25) is 0 Å². The van der Waals surface area contributed by atoms with Crippen molar-refractivity contribution in [2.45, 2.75) is 20.3 Å². The van der Waals surface area contributed by atoms with Gasteiger partial charge >= 0.3 is 0 Å². The first-order chi connectivity index (χ1) is 9.58. The van der Waals surface area contributed by atoms with Gasteiger partial charge in [0.15, 0.2) is 0 Å². The number of fused-ring (bicyclic) bond motifs is 1.